The fourth-order valence-corrected chi connectivity index (χ4v) is 2.09. The van der Waals surface area contributed by atoms with Gasteiger partial charge in [-0.05, 0) is 26.7 Å². The van der Waals surface area contributed by atoms with Crippen LogP contribution in [0.25, 0.3) is 0 Å². The van der Waals surface area contributed by atoms with Gasteiger partial charge >= 0.3 is 11.9 Å². The molecule has 0 N–H and O–H groups in total. The zero-order valence-electron chi connectivity index (χ0n) is 14.9. The van der Waals surface area contributed by atoms with Crippen molar-refractivity contribution in [1.82, 2.24) is 0 Å². The molecule has 0 radical (unpaired) electrons. The van der Waals surface area contributed by atoms with Crippen molar-refractivity contribution in [2.45, 2.75) is 84.5 Å². The van der Waals surface area contributed by atoms with Crippen LogP contribution in [0, 0.1) is 0 Å². The molecule has 0 bridgehead atoms. The van der Waals surface area contributed by atoms with Crippen LogP contribution in [0.1, 0.15) is 66.2 Å². The molecule has 3 atom stereocenters. The Labute approximate surface area is 138 Å². The molecule has 0 spiro atoms. The second kappa shape index (κ2) is 12.0. The Kier molecular flexibility index (Phi) is 11.3. The maximum atomic E-state index is 12.0. The maximum Gasteiger partial charge on any atom is 0.309 e. The number of ether oxygens (including phenoxy) is 3. The number of carbonyl (C=O) groups excluding carboxylic acids is 3. The lowest BCUT2D eigenvalue weighted by Gasteiger charge is -2.20. The van der Waals surface area contributed by atoms with E-state index in [1.54, 1.807) is 6.92 Å². The molecule has 0 aromatic carbocycles. The molecule has 0 heterocycles. The predicted octanol–water partition coefficient (Wildman–Crippen LogP) is 2.81. The monoisotopic (exact) mass is 330 g/mol. The summed E-state index contributed by atoms with van der Waals surface area (Å²) in [6.07, 6.45) is 1.22. The number of esters is 2. The van der Waals surface area contributed by atoms with Crippen LogP contribution in [0.3, 0.4) is 0 Å². The molecule has 0 saturated heterocycles. The van der Waals surface area contributed by atoms with Crippen LogP contribution in [0.4, 0.5) is 0 Å². The summed E-state index contributed by atoms with van der Waals surface area (Å²) in [5, 5.41) is 0. The summed E-state index contributed by atoms with van der Waals surface area (Å²) < 4.78 is 15.6. The zero-order valence-corrected chi connectivity index (χ0v) is 14.9. The normalized spacial score (nSPS) is 14.7. The van der Waals surface area contributed by atoms with Crippen LogP contribution < -0.4 is 0 Å². The molecule has 0 aliphatic rings. The van der Waals surface area contributed by atoms with E-state index in [9.17, 15) is 14.4 Å². The van der Waals surface area contributed by atoms with Gasteiger partial charge in [0, 0.05) is 13.5 Å². The van der Waals surface area contributed by atoms with Crippen LogP contribution in [0.15, 0.2) is 0 Å². The first-order chi connectivity index (χ1) is 10.8. The number of rotatable bonds is 12. The number of methoxy groups -OCH3 is 1. The van der Waals surface area contributed by atoms with E-state index < -0.39 is 24.1 Å². The van der Waals surface area contributed by atoms with E-state index in [0.29, 0.717) is 12.8 Å². The summed E-state index contributed by atoms with van der Waals surface area (Å²) in [4.78, 5) is 34.9. The van der Waals surface area contributed by atoms with Gasteiger partial charge in [0.15, 0.2) is 0 Å². The first-order valence-corrected chi connectivity index (χ1v) is 8.23. The first kappa shape index (κ1) is 21.6. The molecule has 23 heavy (non-hydrogen) atoms. The fourth-order valence-electron chi connectivity index (χ4n) is 2.09. The highest BCUT2D eigenvalue weighted by molar-refractivity contribution is 5.77. The van der Waals surface area contributed by atoms with E-state index in [-0.39, 0.29) is 31.1 Å². The third-order valence-electron chi connectivity index (χ3n) is 3.43. The van der Waals surface area contributed by atoms with Gasteiger partial charge in [0.25, 0.3) is 0 Å². The Morgan fingerprint density at radius 2 is 1.48 bits per heavy atom. The van der Waals surface area contributed by atoms with Gasteiger partial charge in [0.05, 0.1) is 18.9 Å². The molecule has 0 amide bonds. The van der Waals surface area contributed by atoms with Gasteiger partial charge in [-0.25, -0.2) is 0 Å². The molecule has 0 fully saturated rings. The Balaban J connectivity index is 4.40. The summed E-state index contributed by atoms with van der Waals surface area (Å²) >= 11 is 0. The number of hydrogen-bond donors (Lipinski definition) is 0. The summed E-state index contributed by atoms with van der Waals surface area (Å²) in [5.74, 6) is -0.847. The van der Waals surface area contributed by atoms with Crippen molar-refractivity contribution in [3.8, 4) is 0 Å². The molecule has 6 nitrogen and oxygen atoms in total. The quantitative estimate of drug-likeness (QED) is 0.512. The third-order valence-corrected chi connectivity index (χ3v) is 3.43. The Hall–Kier alpha value is -1.43. The second-order valence-corrected chi connectivity index (χ2v) is 5.78. The molecule has 6 heteroatoms. The van der Waals surface area contributed by atoms with Crippen molar-refractivity contribution < 1.29 is 28.6 Å². The van der Waals surface area contributed by atoms with Gasteiger partial charge in [-0.3, -0.25) is 14.4 Å². The maximum absolute atomic E-state index is 12.0. The van der Waals surface area contributed by atoms with E-state index >= 15 is 0 Å². The molecule has 0 aromatic heterocycles. The average Bonchev–Trinajstić information content (AvgIpc) is 2.45. The van der Waals surface area contributed by atoms with Crippen LogP contribution in [0.2, 0.25) is 0 Å². The third kappa shape index (κ3) is 10.8. The van der Waals surface area contributed by atoms with E-state index in [1.807, 2.05) is 13.8 Å². The minimum absolute atomic E-state index is 0.00171. The van der Waals surface area contributed by atoms with Gasteiger partial charge in [-0.1, -0.05) is 20.3 Å². The van der Waals surface area contributed by atoms with Crippen LogP contribution in [-0.2, 0) is 28.6 Å². The first-order valence-electron chi connectivity index (χ1n) is 8.23. The Bertz CT molecular complexity index is 379. The van der Waals surface area contributed by atoms with Gasteiger partial charge in [0.2, 0.25) is 0 Å². The minimum Gasteiger partial charge on any atom is -0.462 e. The van der Waals surface area contributed by atoms with Gasteiger partial charge in [-0.2, -0.15) is 0 Å². The van der Waals surface area contributed by atoms with E-state index in [1.165, 1.54) is 14.0 Å². The summed E-state index contributed by atoms with van der Waals surface area (Å²) in [7, 11) is 1.52. The highest BCUT2D eigenvalue weighted by atomic mass is 16.6. The molecule has 3 unspecified atom stereocenters. The molecule has 0 saturated carbocycles. The molecule has 0 rings (SSSR count). The van der Waals surface area contributed by atoms with Crippen molar-refractivity contribution in [3.05, 3.63) is 0 Å². The Morgan fingerprint density at radius 3 is 1.96 bits per heavy atom. The van der Waals surface area contributed by atoms with Gasteiger partial charge in [0.1, 0.15) is 18.0 Å². The lowest BCUT2D eigenvalue weighted by Crippen LogP contribution is -2.27. The summed E-state index contributed by atoms with van der Waals surface area (Å²) in [5.41, 5.74) is 0. The highest BCUT2D eigenvalue weighted by Gasteiger charge is 2.22. The second-order valence-electron chi connectivity index (χ2n) is 5.78. The number of Topliss-reactive ketones (excluding diaryl/α,β-unsaturated/α-hetero) is 1. The standard InChI is InChI=1S/C17H30O6/c1-6-8-15(9-12(3)18)23-17(20)11-14(7-2)22-16(19)10-13(4)21-5/h13-15H,6-11H2,1-5H3. The topological polar surface area (TPSA) is 78.9 Å². The van der Waals surface area contributed by atoms with E-state index in [0.717, 1.165) is 6.42 Å². The van der Waals surface area contributed by atoms with Crippen molar-refractivity contribution in [2.75, 3.05) is 7.11 Å². The lowest BCUT2D eigenvalue weighted by atomic mass is 10.1. The van der Waals surface area contributed by atoms with Crippen molar-refractivity contribution in [3.63, 3.8) is 0 Å². The smallest absolute Gasteiger partial charge is 0.309 e. The summed E-state index contributed by atoms with van der Waals surface area (Å²) in [6.45, 7) is 7.05. The SMILES string of the molecule is CCCC(CC(C)=O)OC(=O)CC(CC)OC(=O)CC(C)OC. The highest BCUT2D eigenvalue weighted by Crippen LogP contribution is 2.13. The minimum atomic E-state index is -0.515. The number of carbonyl (C=O) groups is 3. The molecule has 0 aliphatic carbocycles. The summed E-state index contributed by atoms with van der Waals surface area (Å²) in [6, 6.07) is 0. The average molecular weight is 330 g/mol. The van der Waals surface area contributed by atoms with Crippen LogP contribution >= 0.6 is 0 Å². The van der Waals surface area contributed by atoms with Gasteiger partial charge in [-0.15, -0.1) is 0 Å². The molecular weight excluding hydrogens is 300 g/mol. The van der Waals surface area contributed by atoms with Crippen molar-refractivity contribution in [1.29, 1.82) is 0 Å². The van der Waals surface area contributed by atoms with Crippen LogP contribution in [-0.4, -0.2) is 43.1 Å². The van der Waals surface area contributed by atoms with Crippen molar-refractivity contribution >= 4 is 17.7 Å². The van der Waals surface area contributed by atoms with Crippen molar-refractivity contribution in [2.24, 2.45) is 0 Å². The molecule has 0 aromatic rings. The number of hydrogen-bond acceptors (Lipinski definition) is 6. The number of ketones is 1. The van der Waals surface area contributed by atoms with E-state index in [4.69, 9.17) is 14.2 Å². The fraction of sp³-hybridized carbons (Fsp3) is 0.824. The molecule has 0 aliphatic heterocycles. The molecular formula is C17H30O6. The molecule has 134 valence electrons. The van der Waals surface area contributed by atoms with Gasteiger partial charge < -0.3 is 14.2 Å². The van der Waals surface area contributed by atoms with E-state index in [2.05, 4.69) is 0 Å². The zero-order chi connectivity index (χ0) is 17.8. The Morgan fingerprint density at radius 1 is 0.913 bits per heavy atom. The lowest BCUT2D eigenvalue weighted by molar-refractivity contribution is -0.159. The largest absolute Gasteiger partial charge is 0.462 e. The predicted molar refractivity (Wildman–Crippen MR) is 86.0 cm³/mol. The van der Waals surface area contributed by atoms with Crippen LogP contribution in [0.5, 0.6) is 0 Å².